The van der Waals surface area contributed by atoms with Crippen LogP contribution in [0.1, 0.15) is 43.4 Å². The quantitative estimate of drug-likeness (QED) is 0.480. The van der Waals surface area contributed by atoms with Gasteiger partial charge in [0.05, 0.1) is 5.60 Å². The minimum Gasteiger partial charge on any atom is -0.373 e. The van der Waals surface area contributed by atoms with E-state index in [0.717, 1.165) is 80.2 Å². The number of aryl methyl sites for hydroxylation is 1. The van der Waals surface area contributed by atoms with Crippen molar-refractivity contribution in [3.05, 3.63) is 60.0 Å². The summed E-state index contributed by atoms with van der Waals surface area (Å²) in [5.41, 5.74) is 2.36. The Labute approximate surface area is 202 Å². The van der Waals surface area contributed by atoms with Crippen molar-refractivity contribution in [1.82, 2.24) is 15.0 Å². The predicted octanol–water partition coefficient (Wildman–Crippen LogP) is 6.15. The topological polar surface area (TPSA) is 63.2 Å². The molecule has 1 N–H and O–H groups in total. The zero-order chi connectivity index (χ0) is 24.5. The highest BCUT2D eigenvalue weighted by molar-refractivity contribution is 5.71. The normalized spacial score (nSPS) is 20.7. The van der Waals surface area contributed by atoms with Gasteiger partial charge in [-0.3, -0.25) is 0 Å². The summed E-state index contributed by atoms with van der Waals surface area (Å²) in [7, 11) is 0. The molecule has 2 aromatic heterocycles. The number of halogens is 3. The third kappa shape index (κ3) is 5.40. The lowest BCUT2D eigenvalue weighted by atomic mass is 9.86. The Balaban J connectivity index is 1.33. The molecule has 6 nitrogen and oxygen atoms in total. The summed E-state index contributed by atoms with van der Waals surface area (Å²) in [4.78, 5) is 14.6. The highest BCUT2D eigenvalue weighted by Crippen LogP contribution is 2.35. The summed E-state index contributed by atoms with van der Waals surface area (Å²) < 4.78 is 45.2. The minimum atomic E-state index is -4.53. The Bertz CT molecular complexity index is 1170. The second-order valence-corrected chi connectivity index (χ2v) is 9.39. The number of rotatable bonds is 4. The van der Waals surface area contributed by atoms with Crippen molar-refractivity contribution >= 4 is 17.5 Å². The van der Waals surface area contributed by atoms with E-state index in [4.69, 9.17) is 9.72 Å². The van der Waals surface area contributed by atoms with Gasteiger partial charge in [-0.15, -0.1) is 0 Å². The van der Waals surface area contributed by atoms with Crippen LogP contribution in [0.3, 0.4) is 0 Å². The van der Waals surface area contributed by atoms with E-state index in [1.54, 1.807) is 0 Å². The Morgan fingerprint density at radius 3 is 2.60 bits per heavy atom. The fourth-order valence-electron chi connectivity index (χ4n) is 5.00. The predicted molar refractivity (Wildman–Crippen MR) is 129 cm³/mol. The van der Waals surface area contributed by atoms with Gasteiger partial charge in [-0.05, 0) is 80.5 Å². The van der Waals surface area contributed by atoms with Gasteiger partial charge in [-0.25, -0.2) is 15.0 Å². The van der Waals surface area contributed by atoms with Gasteiger partial charge in [0.2, 0.25) is 5.95 Å². The van der Waals surface area contributed by atoms with Crippen LogP contribution in [-0.2, 0) is 10.9 Å². The van der Waals surface area contributed by atoms with Crippen LogP contribution in [0.4, 0.5) is 30.6 Å². The van der Waals surface area contributed by atoms with E-state index in [1.807, 2.05) is 43.5 Å². The van der Waals surface area contributed by atoms with E-state index in [9.17, 15) is 13.2 Å². The summed E-state index contributed by atoms with van der Waals surface area (Å²) in [6.07, 6.45) is 4.08. The summed E-state index contributed by atoms with van der Waals surface area (Å²) in [6.45, 7) is 4.61. The first-order valence-electron chi connectivity index (χ1n) is 11.9. The van der Waals surface area contributed by atoms with Gasteiger partial charge in [0, 0.05) is 43.3 Å². The molecule has 0 amide bonds. The summed E-state index contributed by atoms with van der Waals surface area (Å²) in [6, 6.07) is 10.6. The zero-order valence-electron chi connectivity index (χ0n) is 19.6. The van der Waals surface area contributed by atoms with Gasteiger partial charge in [-0.2, -0.15) is 13.2 Å². The molecule has 2 aliphatic heterocycles. The van der Waals surface area contributed by atoms with Crippen LogP contribution in [0.5, 0.6) is 0 Å². The number of piperidine rings is 1. The molecule has 1 atom stereocenters. The number of nitrogens with zero attached hydrogens (tertiary/aromatic N) is 4. The van der Waals surface area contributed by atoms with Gasteiger partial charge < -0.3 is 15.0 Å². The van der Waals surface area contributed by atoms with Gasteiger partial charge in [-0.1, -0.05) is 6.07 Å². The van der Waals surface area contributed by atoms with E-state index < -0.39 is 11.9 Å². The van der Waals surface area contributed by atoms with Crippen LogP contribution < -0.4 is 10.2 Å². The maximum atomic E-state index is 13.0. The second kappa shape index (κ2) is 9.45. The standard InChI is InChI=1S/C26H28F3N5O/c1-18-13-20(15-21(14-18)32-24-30-10-7-22(33-24)26(27,28)29)19-5-6-23(31-16-19)34-11-4-9-25(17-34)8-2-3-12-35-25/h5-7,10,13-16H,2-4,8-9,11-12,17H2,1H3,(H,30,32,33). The van der Waals surface area contributed by atoms with Crippen molar-refractivity contribution in [3.8, 4) is 11.1 Å². The van der Waals surface area contributed by atoms with Gasteiger partial charge >= 0.3 is 6.18 Å². The number of nitrogens with one attached hydrogen (secondary N) is 1. The number of aromatic nitrogens is 3. The van der Waals surface area contributed by atoms with Gasteiger partial charge in [0.15, 0.2) is 0 Å². The van der Waals surface area contributed by atoms with E-state index in [-0.39, 0.29) is 11.5 Å². The molecule has 1 spiro atoms. The number of ether oxygens (including phenoxy) is 1. The fraction of sp³-hybridized carbons (Fsp3) is 0.423. The number of hydrogen-bond donors (Lipinski definition) is 1. The lowest BCUT2D eigenvalue weighted by molar-refractivity contribution is -0.141. The molecule has 4 heterocycles. The molecule has 9 heteroatoms. The molecule has 0 bridgehead atoms. The maximum Gasteiger partial charge on any atom is 0.433 e. The first-order valence-corrected chi connectivity index (χ1v) is 11.9. The summed E-state index contributed by atoms with van der Waals surface area (Å²) in [5, 5.41) is 2.90. The molecule has 1 unspecified atom stereocenters. The number of alkyl halides is 3. The van der Waals surface area contributed by atoms with Crippen LogP contribution in [0.2, 0.25) is 0 Å². The fourth-order valence-corrected chi connectivity index (χ4v) is 5.00. The average Bonchev–Trinajstić information content (AvgIpc) is 2.84. The smallest absolute Gasteiger partial charge is 0.373 e. The molecule has 3 aromatic rings. The minimum absolute atomic E-state index is 0.0422. The monoisotopic (exact) mass is 483 g/mol. The summed E-state index contributed by atoms with van der Waals surface area (Å²) in [5.74, 6) is 0.833. The van der Waals surface area contributed by atoms with Crippen LogP contribution in [-0.4, -0.2) is 40.2 Å². The lowest BCUT2D eigenvalue weighted by Gasteiger charge is -2.45. The van der Waals surface area contributed by atoms with Crippen LogP contribution in [0.25, 0.3) is 11.1 Å². The lowest BCUT2D eigenvalue weighted by Crippen LogP contribution is -2.51. The highest BCUT2D eigenvalue weighted by atomic mass is 19.4. The molecule has 0 radical (unpaired) electrons. The number of anilines is 3. The molecule has 0 saturated carbocycles. The van der Waals surface area contributed by atoms with Gasteiger partial charge in [0.25, 0.3) is 0 Å². The van der Waals surface area contributed by atoms with Crippen molar-refractivity contribution in [1.29, 1.82) is 0 Å². The summed E-state index contributed by atoms with van der Waals surface area (Å²) >= 11 is 0. The van der Waals surface area contributed by atoms with Crippen LogP contribution in [0.15, 0.2) is 48.8 Å². The highest BCUT2D eigenvalue weighted by Gasteiger charge is 2.38. The van der Waals surface area contributed by atoms with Crippen molar-refractivity contribution in [3.63, 3.8) is 0 Å². The Kier molecular flexibility index (Phi) is 6.35. The third-order valence-electron chi connectivity index (χ3n) is 6.66. The molecule has 184 valence electrons. The molecule has 35 heavy (non-hydrogen) atoms. The van der Waals surface area contributed by atoms with Crippen molar-refractivity contribution in [2.24, 2.45) is 0 Å². The maximum absolute atomic E-state index is 13.0. The Morgan fingerprint density at radius 1 is 1.00 bits per heavy atom. The molecule has 1 aromatic carbocycles. The van der Waals surface area contributed by atoms with Crippen molar-refractivity contribution in [2.75, 3.05) is 29.9 Å². The first kappa shape index (κ1) is 23.5. The van der Waals surface area contributed by atoms with E-state index in [1.165, 1.54) is 6.42 Å². The number of benzene rings is 1. The molecule has 5 rings (SSSR count). The number of hydrogen-bond acceptors (Lipinski definition) is 6. The second-order valence-electron chi connectivity index (χ2n) is 9.39. The van der Waals surface area contributed by atoms with E-state index in [0.29, 0.717) is 5.69 Å². The molecule has 2 aliphatic rings. The van der Waals surface area contributed by atoms with Crippen LogP contribution >= 0.6 is 0 Å². The van der Waals surface area contributed by atoms with E-state index in [2.05, 4.69) is 20.2 Å². The molecule has 0 aliphatic carbocycles. The van der Waals surface area contributed by atoms with Crippen LogP contribution in [0, 0.1) is 6.92 Å². The molecule has 2 fully saturated rings. The zero-order valence-corrected chi connectivity index (χ0v) is 19.6. The molecular weight excluding hydrogens is 455 g/mol. The third-order valence-corrected chi connectivity index (χ3v) is 6.66. The van der Waals surface area contributed by atoms with E-state index >= 15 is 0 Å². The Morgan fingerprint density at radius 2 is 1.86 bits per heavy atom. The van der Waals surface area contributed by atoms with Crippen molar-refractivity contribution < 1.29 is 17.9 Å². The number of pyridine rings is 1. The van der Waals surface area contributed by atoms with Crippen molar-refractivity contribution in [2.45, 2.75) is 50.8 Å². The first-order chi connectivity index (χ1) is 16.8. The Hall–Kier alpha value is -3.20. The largest absolute Gasteiger partial charge is 0.433 e. The SMILES string of the molecule is Cc1cc(Nc2nccc(C(F)(F)F)n2)cc(-c2ccc(N3CCCC4(CCCCO4)C3)nc2)c1. The molecular formula is C26H28F3N5O. The average molecular weight is 484 g/mol. The van der Waals surface area contributed by atoms with Gasteiger partial charge in [0.1, 0.15) is 11.5 Å². The molecule has 2 saturated heterocycles.